The van der Waals surface area contributed by atoms with Crippen molar-refractivity contribution in [2.75, 3.05) is 0 Å². The number of nitrogens with zero attached hydrogens (tertiary/aromatic N) is 4. The van der Waals surface area contributed by atoms with Gasteiger partial charge in [-0.3, -0.25) is 4.98 Å². The molecule has 2 heterocycles. The van der Waals surface area contributed by atoms with Crippen LogP contribution in [0, 0.1) is 0 Å². The third-order valence-corrected chi connectivity index (χ3v) is 1.69. The third kappa shape index (κ3) is 0.827. The fourth-order valence-corrected chi connectivity index (χ4v) is 1.09. The lowest BCUT2D eigenvalue weighted by molar-refractivity contribution is 0.633. The molecule has 0 atom stereocenters. The summed E-state index contributed by atoms with van der Waals surface area (Å²) in [6.07, 6.45) is 4.74. The monoisotopic (exact) mass is 164 g/mol. The van der Waals surface area contributed by atoms with Crippen molar-refractivity contribution in [1.29, 1.82) is 0 Å². The minimum Gasteiger partial charge on any atom is -0.259 e. The van der Waals surface area contributed by atoms with E-state index in [-0.39, 0.29) is 5.69 Å². The smallest absolute Gasteiger partial charge is 0.259 e. The van der Waals surface area contributed by atoms with Crippen LogP contribution in [0.1, 0.15) is 6.92 Å². The predicted molar refractivity (Wildman–Crippen MR) is 42.9 cm³/mol. The fourth-order valence-electron chi connectivity index (χ4n) is 1.09. The molecular formula is C7H8N4O. The first-order valence-corrected chi connectivity index (χ1v) is 3.72. The summed E-state index contributed by atoms with van der Waals surface area (Å²) in [5, 5.41) is 4.04. The van der Waals surface area contributed by atoms with Gasteiger partial charge in [0.2, 0.25) is 0 Å². The molecule has 0 fully saturated rings. The lowest BCUT2D eigenvalue weighted by Gasteiger charge is -1.86. The van der Waals surface area contributed by atoms with Crippen LogP contribution in [0.5, 0.6) is 0 Å². The highest BCUT2D eigenvalue weighted by molar-refractivity contribution is 5.31. The van der Waals surface area contributed by atoms with Gasteiger partial charge < -0.3 is 0 Å². The normalized spacial score (nSPS) is 10.8. The Balaban J connectivity index is 2.88. The van der Waals surface area contributed by atoms with Crippen LogP contribution >= 0.6 is 0 Å². The van der Waals surface area contributed by atoms with Crippen LogP contribution in [0.25, 0.3) is 5.65 Å². The first-order valence-electron chi connectivity index (χ1n) is 3.72. The largest absolute Gasteiger partial charge is 0.350 e. The van der Waals surface area contributed by atoms with E-state index in [0.29, 0.717) is 12.2 Å². The number of fused-ring (bicyclic) bond motifs is 1. The summed E-state index contributed by atoms with van der Waals surface area (Å²) >= 11 is 0. The predicted octanol–water partition coefficient (Wildman–Crippen LogP) is -0.0891. The Morgan fingerprint density at radius 1 is 1.58 bits per heavy atom. The molecule has 0 bridgehead atoms. The Labute approximate surface area is 68.3 Å². The molecule has 0 aliphatic carbocycles. The molecule has 0 aliphatic rings. The van der Waals surface area contributed by atoms with E-state index in [1.54, 1.807) is 18.6 Å². The summed E-state index contributed by atoms with van der Waals surface area (Å²) in [4.78, 5) is 15.3. The average molecular weight is 164 g/mol. The molecular weight excluding hydrogens is 156 g/mol. The van der Waals surface area contributed by atoms with Crippen LogP contribution in [-0.2, 0) is 6.54 Å². The van der Waals surface area contributed by atoms with Crippen molar-refractivity contribution in [2.24, 2.45) is 0 Å². The van der Waals surface area contributed by atoms with Crippen LogP contribution < -0.4 is 5.69 Å². The van der Waals surface area contributed by atoms with E-state index in [0.717, 1.165) is 0 Å². The Morgan fingerprint density at radius 3 is 3.08 bits per heavy atom. The molecule has 2 aromatic rings. The van der Waals surface area contributed by atoms with Crippen LogP contribution in [0.2, 0.25) is 0 Å². The first kappa shape index (κ1) is 7.02. The zero-order chi connectivity index (χ0) is 8.55. The van der Waals surface area contributed by atoms with Gasteiger partial charge in [0.25, 0.3) is 0 Å². The summed E-state index contributed by atoms with van der Waals surface area (Å²) in [5.74, 6) is 0. The van der Waals surface area contributed by atoms with Crippen LogP contribution in [0.15, 0.2) is 23.4 Å². The third-order valence-electron chi connectivity index (χ3n) is 1.69. The lowest BCUT2D eigenvalue weighted by atomic mass is 10.7. The maximum absolute atomic E-state index is 11.4. The number of aromatic nitrogens is 4. The maximum Gasteiger partial charge on any atom is 0.350 e. The van der Waals surface area contributed by atoms with E-state index in [1.807, 2.05) is 6.92 Å². The highest BCUT2D eigenvalue weighted by Gasteiger charge is 2.02. The molecule has 12 heavy (non-hydrogen) atoms. The first-order chi connectivity index (χ1) is 5.83. The molecule has 0 aromatic carbocycles. The van der Waals surface area contributed by atoms with Gasteiger partial charge in [-0.2, -0.15) is 0 Å². The summed E-state index contributed by atoms with van der Waals surface area (Å²) in [7, 11) is 0. The lowest BCUT2D eigenvalue weighted by Crippen LogP contribution is -2.19. The van der Waals surface area contributed by atoms with Crippen molar-refractivity contribution < 1.29 is 0 Å². The van der Waals surface area contributed by atoms with Crippen molar-refractivity contribution in [1.82, 2.24) is 19.2 Å². The summed E-state index contributed by atoms with van der Waals surface area (Å²) < 4.78 is 2.87. The molecule has 0 amide bonds. The number of hydrogen-bond donors (Lipinski definition) is 0. The number of rotatable bonds is 1. The number of aryl methyl sites for hydroxylation is 1. The highest BCUT2D eigenvalue weighted by Crippen LogP contribution is 1.90. The minimum absolute atomic E-state index is 0.116. The summed E-state index contributed by atoms with van der Waals surface area (Å²) in [5.41, 5.74) is 0.472. The zero-order valence-corrected chi connectivity index (χ0v) is 6.64. The number of hydrogen-bond acceptors (Lipinski definition) is 3. The molecule has 0 radical (unpaired) electrons. The van der Waals surface area contributed by atoms with Crippen molar-refractivity contribution in [2.45, 2.75) is 13.5 Å². The average Bonchev–Trinajstić information content (AvgIpc) is 2.44. The van der Waals surface area contributed by atoms with Crippen LogP contribution in [-0.4, -0.2) is 19.2 Å². The SMILES string of the molecule is CCn1nc2cnccn2c1=O. The zero-order valence-electron chi connectivity index (χ0n) is 6.64. The second-order valence-electron chi connectivity index (χ2n) is 2.40. The van der Waals surface area contributed by atoms with Gasteiger partial charge in [0.05, 0.1) is 6.20 Å². The van der Waals surface area contributed by atoms with E-state index < -0.39 is 0 Å². The molecule has 2 rings (SSSR count). The van der Waals surface area contributed by atoms with E-state index in [1.165, 1.54) is 9.08 Å². The van der Waals surface area contributed by atoms with Crippen LogP contribution in [0.4, 0.5) is 0 Å². The van der Waals surface area contributed by atoms with Gasteiger partial charge in [-0.25, -0.2) is 13.9 Å². The van der Waals surface area contributed by atoms with Gasteiger partial charge in [-0.1, -0.05) is 0 Å². The van der Waals surface area contributed by atoms with E-state index in [9.17, 15) is 4.79 Å². The molecule has 5 nitrogen and oxygen atoms in total. The van der Waals surface area contributed by atoms with Gasteiger partial charge in [0, 0.05) is 18.9 Å². The highest BCUT2D eigenvalue weighted by atomic mass is 16.2. The van der Waals surface area contributed by atoms with Crippen molar-refractivity contribution >= 4 is 5.65 Å². The quantitative estimate of drug-likeness (QED) is 0.592. The minimum atomic E-state index is -0.116. The molecule has 0 saturated heterocycles. The summed E-state index contributed by atoms with van der Waals surface area (Å²) in [6.45, 7) is 2.46. The standard InChI is InChI=1S/C7H8N4O/c1-2-11-7(12)10-4-3-8-5-6(10)9-11/h3-5H,2H2,1H3. The molecule has 5 heteroatoms. The van der Waals surface area contributed by atoms with Gasteiger partial charge >= 0.3 is 5.69 Å². The molecule has 0 spiro atoms. The van der Waals surface area contributed by atoms with Gasteiger partial charge in [-0.15, -0.1) is 5.10 Å². The van der Waals surface area contributed by atoms with Crippen molar-refractivity contribution in [3.8, 4) is 0 Å². The van der Waals surface area contributed by atoms with Gasteiger partial charge in [0.1, 0.15) is 0 Å². The fraction of sp³-hybridized carbons (Fsp3) is 0.286. The molecule has 62 valence electrons. The van der Waals surface area contributed by atoms with E-state index >= 15 is 0 Å². The topological polar surface area (TPSA) is 52.2 Å². The van der Waals surface area contributed by atoms with Gasteiger partial charge in [0.15, 0.2) is 5.65 Å². The Hall–Kier alpha value is -1.65. The van der Waals surface area contributed by atoms with E-state index in [2.05, 4.69) is 10.1 Å². The van der Waals surface area contributed by atoms with Crippen LogP contribution in [0.3, 0.4) is 0 Å². The second kappa shape index (κ2) is 2.44. The maximum atomic E-state index is 11.4. The van der Waals surface area contributed by atoms with E-state index in [4.69, 9.17) is 0 Å². The molecule has 0 aliphatic heterocycles. The summed E-state index contributed by atoms with van der Waals surface area (Å²) in [6, 6.07) is 0. The Morgan fingerprint density at radius 2 is 2.42 bits per heavy atom. The molecule has 2 aromatic heterocycles. The Bertz CT molecular complexity index is 456. The molecule has 0 unspecified atom stereocenters. The second-order valence-corrected chi connectivity index (χ2v) is 2.40. The van der Waals surface area contributed by atoms with Gasteiger partial charge in [-0.05, 0) is 6.92 Å². The Kier molecular flexibility index (Phi) is 1.43. The molecule has 0 N–H and O–H groups in total. The van der Waals surface area contributed by atoms with Crippen molar-refractivity contribution in [3.05, 3.63) is 29.1 Å². The molecule has 0 saturated carbocycles. The van der Waals surface area contributed by atoms with Crippen molar-refractivity contribution in [3.63, 3.8) is 0 Å².